The van der Waals surface area contributed by atoms with Gasteiger partial charge in [-0.1, -0.05) is 6.42 Å². The molecule has 0 saturated heterocycles. The van der Waals surface area contributed by atoms with Gasteiger partial charge in [0.05, 0.1) is 18.4 Å². The first-order valence-corrected chi connectivity index (χ1v) is 6.23. The van der Waals surface area contributed by atoms with Crippen molar-refractivity contribution in [1.29, 1.82) is 0 Å². The fraction of sp³-hybridized carbons (Fsp3) is 0.833. The van der Waals surface area contributed by atoms with Gasteiger partial charge >= 0.3 is 18.1 Å². The van der Waals surface area contributed by atoms with Crippen LogP contribution in [0.4, 0.5) is 13.2 Å². The Bertz CT molecular complexity index is 327. The molecule has 1 saturated carbocycles. The molecule has 1 aliphatic rings. The Morgan fingerprint density at radius 1 is 1.21 bits per heavy atom. The van der Waals surface area contributed by atoms with Gasteiger partial charge in [0.2, 0.25) is 0 Å². The monoisotopic (exact) mass is 282 g/mol. The van der Waals surface area contributed by atoms with Crippen LogP contribution in [0.5, 0.6) is 0 Å². The van der Waals surface area contributed by atoms with E-state index in [1.807, 2.05) is 0 Å². The molecule has 7 heteroatoms. The topological polar surface area (TPSA) is 52.6 Å². The fourth-order valence-electron chi connectivity index (χ4n) is 2.15. The van der Waals surface area contributed by atoms with Crippen molar-refractivity contribution in [2.24, 2.45) is 11.8 Å². The molecule has 0 aromatic heterocycles. The Balaban J connectivity index is 2.42. The van der Waals surface area contributed by atoms with Gasteiger partial charge in [-0.25, -0.2) is 4.79 Å². The second kappa shape index (κ2) is 6.77. The molecule has 110 valence electrons. The van der Waals surface area contributed by atoms with E-state index < -0.39 is 36.6 Å². The minimum absolute atomic E-state index is 0.0468. The number of alkyl halides is 3. The van der Waals surface area contributed by atoms with Crippen molar-refractivity contribution in [3.63, 3.8) is 0 Å². The Kier molecular flexibility index (Phi) is 5.62. The van der Waals surface area contributed by atoms with Crippen molar-refractivity contribution in [1.82, 2.24) is 0 Å². The summed E-state index contributed by atoms with van der Waals surface area (Å²) in [5.41, 5.74) is 0. The molecule has 1 fully saturated rings. The zero-order valence-electron chi connectivity index (χ0n) is 10.7. The Labute approximate surface area is 109 Å². The minimum atomic E-state index is -4.28. The van der Waals surface area contributed by atoms with Gasteiger partial charge in [0.25, 0.3) is 0 Å². The van der Waals surface area contributed by atoms with Gasteiger partial charge in [-0.2, -0.15) is 13.2 Å². The molecule has 2 atom stereocenters. The van der Waals surface area contributed by atoms with Crippen molar-refractivity contribution >= 4 is 11.9 Å². The van der Waals surface area contributed by atoms with E-state index in [0.29, 0.717) is 12.8 Å². The number of ether oxygens (including phenoxy) is 2. The summed E-state index contributed by atoms with van der Waals surface area (Å²) in [5.74, 6) is -3.68. The quantitative estimate of drug-likeness (QED) is 0.743. The molecule has 19 heavy (non-hydrogen) atoms. The van der Waals surface area contributed by atoms with E-state index in [1.54, 1.807) is 6.92 Å². The molecule has 4 nitrogen and oxygen atoms in total. The van der Waals surface area contributed by atoms with Crippen LogP contribution in [0.15, 0.2) is 0 Å². The van der Waals surface area contributed by atoms with Crippen molar-refractivity contribution in [3.05, 3.63) is 0 Å². The van der Waals surface area contributed by atoms with Crippen molar-refractivity contribution in [2.75, 3.05) is 13.2 Å². The molecular formula is C12H17F3O4. The number of hydrogen-bond acceptors (Lipinski definition) is 4. The predicted molar refractivity (Wildman–Crippen MR) is 59.1 cm³/mol. The molecule has 2 unspecified atom stereocenters. The van der Waals surface area contributed by atoms with Crippen LogP contribution in [0, 0.1) is 11.8 Å². The van der Waals surface area contributed by atoms with E-state index in [0.717, 1.165) is 0 Å². The lowest BCUT2D eigenvalue weighted by molar-refractivity contribution is -0.189. The number of rotatable bonds is 4. The summed E-state index contributed by atoms with van der Waals surface area (Å²) in [6.07, 6.45) is -3.78. The Morgan fingerprint density at radius 2 is 1.89 bits per heavy atom. The third-order valence-electron chi connectivity index (χ3n) is 3.11. The third-order valence-corrected chi connectivity index (χ3v) is 3.11. The summed E-state index contributed by atoms with van der Waals surface area (Å²) in [7, 11) is 0. The van der Waals surface area contributed by atoms with Crippen LogP contribution >= 0.6 is 0 Å². The van der Waals surface area contributed by atoms with Gasteiger partial charge in [-0.15, -0.1) is 0 Å². The van der Waals surface area contributed by atoms with E-state index in [2.05, 4.69) is 9.47 Å². The summed E-state index contributed by atoms with van der Waals surface area (Å²) >= 11 is 0. The van der Waals surface area contributed by atoms with Gasteiger partial charge in [0, 0.05) is 0 Å². The van der Waals surface area contributed by atoms with Gasteiger partial charge in [-0.3, -0.25) is 4.79 Å². The van der Waals surface area contributed by atoms with Crippen LogP contribution in [-0.4, -0.2) is 31.3 Å². The van der Waals surface area contributed by atoms with Crippen molar-refractivity contribution in [3.8, 4) is 0 Å². The molecule has 0 aliphatic heterocycles. The zero-order chi connectivity index (χ0) is 14.5. The molecule has 0 radical (unpaired) electrons. The van der Waals surface area contributed by atoms with Crippen molar-refractivity contribution in [2.45, 2.75) is 38.8 Å². The van der Waals surface area contributed by atoms with Gasteiger partial charge < -0.3 is 9.47 Å². The first kappa shape index (κ1) is 15.8. The van der Waals surface area contributed by atoms with E-state index in [9.17, 15) is 22.8 Å². The van der Waals surface area contributed by atoms with Gasteiger partial charge in [0.15, 0.2) is 6.61 Å². The predicted octanol–water partition coefficient (Wildman–Crippen LogP) is 2.46. The SMILES string of the molecule is CCOC(=O)COC(=O)C1CCCC(C(F)(F)F)C1. The molecule has 0 amide bonds. The molecule has 0 bridgehead atoms. The molecule has 1 aliphatic carbocycles. The number of carbonyl (C=O) groups excluding carboxylic acids is 2. The van der Waals surface area contributed by atoms with Crippen LogP contribution < -0.4 is 0 Å². The maximum atomic E-state index is 12.6. The number of esters is 2. The van der Waals surface area contributed by atoms with Gasteiger partial charge in [-0.05, 0) is 26.2 Å². The third kappa shape index (κ3) is 5.08. The lowest BCUT2D eigenvalue weighted by Crippen LogP contribution is -2.33. The van der Waals surface area contributed by atoms with E-state index in [-0.39, 0.29) is 19.4 Å². The summed E-state index contributed by atoms with van der Waals surface area (Å²) < 4.78 is 46.9. The van der Waals surface area contributed by atoms with Gasteiger partial charge in [0.1, 0.15) is 0 Å². The minimum Gasteiger partial charge on any atom is -0.463 e. The molecular weight excluding hydrogens is 265 g/mol. The highest BCUT2D eigenvalue weighted by Crippen LogP contribution is 2.40. The Hall–Kier alpha value is -1.27. The molecule has 0 aromatic rings. The number of hydrogen-bond donors (Lipinski definition) is 0. The second-order valence-electron chi connectivity index (χ2n) is 4.51. The highest BCUT2D eigenvalue weighted by Gasteiger charge is 2.44. The fourth-order valence-corrected chi connectivity index (χ4v) is 2.15. The normalized spacial score (nSPS) is 23.8. The highest BCUT2D eigenvalue weighted by atomic mass is 19.4. The lowest BCUT2D eigenvalue weighted by Gasteiger charge is -2.29. The second-order valence-corrected chi connectivity index (χ2v) is 4.51. The lowest BCUT2D eigenvalue weighted by atomic mass is 9.81. The highest BCUT2D eigenvalue weighted by molar-refractivity contribution is 5.77. The van der Waals surface area contributed by atoms with Crippen LogP contribution in [0.3, 0.4) is 0 Å². The summed E-state index contributed by atoms with van der Waals surface area (Å²) in [5, 5.41) is 0. The summed E-state index contributed by atoms with van der Waals surface area (Å²) in [6.45, 7) is 1.23. The van der Waals surface area contributed by atoms with E-state index in [4.69, 9.17) is 0 Å². The van der Waals surface area contributed by atoms with Crippen LogP contribution in [-0.2, 0) is 19.1 Å². The molecule has 0 heterocycles. The number of carbonyl (C=O) groups is 2. The van der Waals surface area contributed by atoms with E-state index >= 15 is 0 Å². The molecule has 0 spiro atoms. The summed E-state index contributed by atoms with van der Waals surface area (Å²) in [6, 6.07) is 0. The maximum Gasteiger partial charge on any atom is 0.391 e. The zero-order valence-corrected chi connectivity index (χ0v) is 10.7. The van der Waals surface area contributed by atoms with Crippen molar-refractivity contribution < 1.29 is 32.2 Å². The van der Waals surface area contributed by atoms with Crippen LogP contribution in [0.25, 0.3) is 0 Å². The molecule has 0 N–H and O–H groups in total. The maximum absolute atomic E-state index is 12.6. The Morgan fingerprint density at radius 3 is 2.47 bits per heavy atom. The van der Waals surface area contributed by atoms with Crippen LogP contribution in [0.2, 0.25) is 0 Å². The first-order chi connectivity index (χ1) is 8.84. The van der Waals surface area contributed by atoms with Crippen LogP contribution in [0.1, 0.15) is 32.6 Å². The average molecular weight is 282 g/mol. The largest absolute Gasteiger partial charge is 0.463 e. The smallest absolute Gasteiger partial charge is 0.391 e. The first-order valence-electron chi connectivity index (χ1n) is 6.23. The van der Waals surface area contributed by atoms with E-state index in [1.165, 1.54) is 0 Å². The molecule has 1 rings (SSSR count). The molecule has 0 aromatic carbocycles. The summed E-state index contributed by atoms with van der Waals surface area (Å²) in [4.78, 5) is 22.6. The standard InChI is InChI=1S/C12H17F3O4/c1-2-18-10(16)7-19-11(17)8-4-3-5-9(6-8)12(13,14)15/h8-9H,2-7H2,1H3. The average Bonchev–Trinajstić information content (AvgIpc) is 2.35. The number of halogens is 3.